The van der Waals surface area contributed by atoms with Gasteiger partial charge in [0.2, 0.25) is 11.8 Å². The Hall–Kier alpha value is -3.88. The maximum Gasteiger partial charge on any atom is 0.407 e. The van der Waals surface area contributed by atoms with Crippen molar-refractivity contribution < 1.29 is 29.0 Å². The molecule has 2 aromatic carbocycles. The van der Waals surface area contributed by atoms with Crippen LogP contribution < -0.4 is 10.6 Å². The van der Waals surface area contributed by atoms with E-state index in [4.69, 9.17) is 4.74 Å². The van der Waals surface area contributed by atoms with Crippen LogP contribution in [0.4, 0.5) is 4.79 Å². The van der Waals surface area contributed by atoms with Gasteiger partial charge in [0.15, 0.2) is 0 Å². The molecule has 184 valence electrons. The largest absolute Gasteiger partial charge is 0.481 e. The van der Waals surface area contributed by atoms with Gasteiger partial charge in [0, 0.05) is 19.0 Å². The summed E-state index contributed by atoms with van der Waals surface area (Å²) in [5.41, 5.74) is 4.38. The van der Waals surface area contributed by atoms with E-state index in [0.717, 1.165) is 22.3 Å². The summed E-state index contributed by atoms with van der Waals surface area (Å²) >= 11 is 0. The van der Waals surface area contributed by atoms with Crippen molar-refractivity contribution in [3.05, 3.63) is 59.7 Å². The van der Waals surface area contributed by atoms with Crippen molar-refractivity contribution in [3.8, 4) is 11.1 Å². The van der Waals surface area contributed by atoms with E-state index in [2.05, 4.69) is 10.6 Å². The number of fused-ring (bicyclic) bond motifs is 3. The Morgan fingerprint density at radius 3 is 2.26 bits per heavy atom. The van der Waals surface area contributed by atoms with Crippen molar-refractivity contribution in [1.29, 1.82) is 0 Å². The van der Waals surface area contributed by atoms with Gasteiger partial charge in [-0.15, -0.1) is 0 Å². The number of carboxylic acid groups (broad SMARTS) is 1. The monoisotopic (exact) mass is 479 g/mol. The highest BCUT2D eigenvalue weighted by Crippen LogP contribution is 2.44. The standard InChI is InChI=1S/C26H29N3O6/c1-15(2)23(25(33)29-12-11-27-24(32)21(29)13-22(30)31)28-26(34)35-14-20-18-9-5-3-7-16(18)17-8-4-6-10-19(17)20/h3-10,15,20-21,23H,11-14H2,1-2H3,(H,27,32)(H,28,34)(H,30,31). The number of hydrogen-bond donors (Lipinski definition) is 3. The Morgan fingerprint density at radius 1 is 1.09 bits per heavy atom. The Labute approximate surface area is 203 Å². The normalized spacial score (nSPS) is 17.9. The van der Waals surface area contributed by atoms with Crippen LogP contribution in [-0.2, 0) is 19.1 Å². The summed E-state index contributed by atoms with van der Waals surface area (Å²) in [6.07, 6.45) is -1.25. The number of ether oxygens (including phenoxy) is 1. The molecule has 0 spiro atoms. The lowest BCUT2D eigenvalue weighted by molar-refractivity contribution is -0.150. The molecule has 1 fully saturated rings. The number of nitrogens with zero attached hydrogens (tertiary/aromatic N) is 1. The van der Waals surface area contributed by atoms with E-state index in [1.807, 2.05) is 48.5 Å². The summed E-state index contributed by atoms with van der Waals surface area (Å²) in [4.78, 5) is 50.8. The molecule has 35 heavy (non-hydrogen) atoms. The van der Waals surface area contributed by atoms with Crippen LogP contribution in [0, 0.1) is 5.92 Å². The Balaban J connectivity index is 1.45. The summed E-state index contributed by atoms with van der Waals surface area (Å²) in [5, 5.41) is 14.4. The number of nitrogens with one attached hydrogen (secondary N) is 2. The minimum Gasteiger partial charge on any atom is -0.481 e. The topological polar surface area (TPSA) is 125 Å². The molecule has 0 radical (unpaired) electrons. The van der Waals surface area contributed by atoms with Gasteiger partial charge in [-0.1, -0.05) is 62.4 Å². The van der Waals surface area contributed by atoms with Gasteiger partial charge in [-0.3, -0.25) is 14.4 Å². The SMILES string of the molecule is CC(C)C(NC(=O)OCC1c2ccccc2-c2ccccc21)C(=O)N1CCNC(=O)C1CC(=O)O. The molecule has 1 aliphatic carbocycles. The summed E-state index contributed by atoms with van der Waals surface area (Å²) in [5.74, 6) is -2.63. The van der Waals surface area contributed by atoms with Crippen molar-refractivity contribution >= 4 is 23.9 Å². The molecule has 2 unspecified atom stereocenters. The molecule has 4 rings (SSSR count). The highest BCUT2D eigenvalue weighted by molar-refractivity contribution is 5.94. The van der Waals surface area contributed by atoms with Gasteiger partial charge >= 0.3 is 12.1 Å². The number of amides is 3. The second-order valence-corrected chi connectivity index (χ2v) is 9.13. The molecule has 1 saturated heterocycles. The molecule has 0 bridgehead atoms. The number of carboxylic acids is 1. The predicted molar refractivity (Wildman–Crippen MR) is 128 cm³/mol. The smallest absolute Gasteiger partial charge is 0.407 e. The lowest BCUT2D eigenvalue weighted by Gasteiger charge is -2.37. The van der Waals surface area contributed by atoms with E-state index < -0.39 is 42.4 Å². The van der Waals surface area contributed by atoms with Crippen molar-refractivity contribution in [1.82, 2.24) is 15.5 Å². The fraction of sp³-hybridized carbons (Fsp3) is 0.385. The van der Waals surface area contributed by atoms with Crippen LogP contribution in [0.3, 0.4) is 0 Å². The van der Waals surface area contributed by atoms with Crippen LogP contribution >= 0.6 is 0 Å². The zero-order valence-corrected chi connectivity index (χ0v) is 19.7. The molecule has 3 N–H and O–H groups in total. The minimum absolute atomic E-state index is 0.104. The van der Waals surface area contributed by atoms with Gasteiger partial charge in [-0.2, -0.15) is 0 Å². The zero-order valence-electron chi connectivity index (χ0n) is 19.7. The number of piperazine rings is 1. The summed E-state index contributed by atoms with van der Waals surface area (Å²) < 4.78 is 5.58. The Kier molecular flexibility index (Phi) is 7.04. The van der Waals surface area contributed by atoms with E-state index >= 15 is 0 Å². The van der Waals surface area contributed by atoms with Gasteiger partial charge in [-0.25, -0.2) is 4.79 Å². The first kappa shape index (κ1) is 24.3. The van der Waals surface area contributed by atoms with Crippen molar-refractivity contribution in [2.75, 3.05) is 19.7 Å². The summed E-state index contributed by atoms with van der Waals surface area (Å²) in [7, 11) is 0. The van der Waals surface area contributed by atoms with E-state index in [9.17, 15) is 24.3 Å². The maximum absolute atomic E-state index is 13.3. The lowest BCUT2D eigenvalue weighted by atomic mass is 9.98. The minimum atomic E-state index is -1.18. The predicted octanol–water partition coefficient (Wildman–Crippen LogP) is 2.35. The molecule has 1 aliphatic heterocycles. The Bertz CT molecular complexity index is 1100. The third kappa shape index (κ3) is 4.99. The van der Waals surface area contributed by atoms with Gasteiger partial charge in [-0.05, 0) is 28.2 Å². The van der Waals surface area contributed by atoms with Crippen LogP contribution in [0.1, 0.15) is 37.3 Å². The summed E-state index contributed by atoms with van der Waals surface area (Å²) in [6, 6.07) is 13.9. The molecular formula is C26H29N3O6. The first-order valence-corrected chi connectivity index (χ1v) is 11.7. The molecule has 0 aromatic heterocycles. The van der Waals surface area contributed by atoms with Gasteiger partial charge < -0.3 is 25.4 Å². The number of hydrogen-bond acceptors (Lipinski definition) is 5. The number of benzene rings is 2. The van der Waals surface area contributed by atoms with E-state index in [1.54, 1.807) is 13.8 Å². The fourth-order valence-corrected chi connectivity index (χ4v) is 4.81. The van der Waals surface area contributed by atoms with Crippen LogP contribution in [-0.4, -0.2) is 65.7 Å². The highest BCUT2D eigenvalue weighted by Gasteiger charge is 2.39. The molecule has 2 aliphatic rings. The van der Waals surface area contributed by atoms with Gasteiger partial charge in [0.25, 0.3) is 0 Å². The van der Waals surface area contributed by atoms with Gasteiger partial charge in [0.1, 0.15) is 18.7 Å². The second-order valence-electron chi connectivity index (χ2n) is 9.13. The fourth-order valence-electron chi connectivity index (χ4n) is 4.81. The first-order chi connectivity index (χ1) is 16.8. The molecule has 2 atom stereocenters. The third-order valence-corrected chi connectivity index (χ3v) is 6.53. The molecule has 3 amide bonds. The lowest BCUT2D eigenvalue weighted by Crippen LogP contribution is -2.62. The second kappa shape index (κ2) is 10.2. The number of rotatable bonds is 7. The Morgan fingerprint density at radius 2 is 1.69 bits per heavy atom. The van der Waals surface area contributed by atoms with Crippen LogP contribution in [0.5, 0.6) is 0 Å². The molecule has 9 nitrogen and oxygen atoms in total. The average Bonchev–Trinajstić information content (AvgIpc) is 3.15. The quantitative estimate of drug-likeness (QED) is 0.560. The molecule has 2 aromatic rings. The number of aliphatic carboxylic acids is 1. The average molecular weight is 480 g/mol. The third-order valence-electron chi connectivity index (χ3n) is 6.53. The van der Waals surface area contributed by atoms with E-state index in [0.29, 0.717) is 0 Å². The van der Waals surface area contributed by atoms with Crippen LogP contribution in [0.25, 0.3) is 11.1 Å². The highest BCUT2D eigenvalue weighted by atomic mass is 16.5. The summed E-state index contributed by atoms with van der Waals surface area (Å²) in [6.45, 7) is 4.02. The zero-order chi connectivity index (χ0) is 25.1. The van der Waals surface area contributed by atoms with Crippen molar-refractivity contribution in [3.63, 3.8) is 0 Å². The molecule has 9 heteroatoms. The van der Waals surface area contributed by atoms with E-state index in [-0.39, 0.29) is 31.5 Å². The van der Waals surface area contributed by atoms with Crippen LogP contribution in [0.15, 0.2) is 48.5 Å². The van der Waals surface area contributed by atoms with Crippen molar-refractivity contribution in [2.24, 2.45) is 5.92 Å². The first-order valence-electron chi connectivity index (χ1n) is 11.7. The van der Waals surface area contributed by atoms with Crippen LogP contribution in [0.2, 0.25) is 0 Å². The van der Waals surface area contributed by atoms with E-state index in [1.165, 1.54) is 4.90 Å². The molecule has 1 heterocycles. The molecule has 0 saturated carbocycles. The number of carbonyl (C=O) groups is 4. The molecular weight excluding hydrogens is 450 g/mol. The van der Waals surface area contributed by atoms with Gasteiger partial charge in [0.05, 0.1) is 6.42 Å². The number of carbonyl (C=O) groups excluding carboxylic acids is 3. The van der Waals surface area contributed by atoms with Crippen molar-refractivity contribution in [2.45, 2.75) is 38.3 Å². The number of alkyl carbamates (subject to hydrolysis) is 1. The maximum atomic E-state index is 13.3.